The van der Waals surface area contributed by atoms with Gasteiger partial charge >= 0.3 is 0 Å². The summed E-state index contributed by atoms with van der Waals surface area (Å²) in [7, 11) is 0. The van der Waals surface area contributed by atoms with Crippen molar-refractivity contribution >= 4 is 40.6 Å². The van der Waals surface area contributed by atoms with E-state index in [-0.39, 0.29) is 17.4 Å². The van der Waals surface area contributed by atoms with Crippen LogP contribution in [0.2, 0.25) is 5.02 Å². The van der Waals surface area contributed by atoms with Crippen LogP contribution in [0.25, 0.3) is 0 Å². The molecule has 0 radical (unpaired) electrons. The second-order valence-corrected chi connectivity index (χ2v) is 12.1. The van der Waals surface area contributed by atoms with Crippen LogP contribution in [-0.2, 0) is 0 Å². The average Bonchev–Trinajstić information content (AvgIpc) is 3.84. The molecule has 0 bridgehead atoms. The van der Waals surface area contributed by atoms with Crippen molar-refractivity contribution in [3.8, 4) is 0 Å². The van der Waals surface area contributed by atoms with Gasteiger partial charge in [-0.05, 0) is 93.3 Å². The number of halogens is 1. The summed E-state index contributed by atoms with van der Waals surface area (Å²) in [6.45, 7) is 3.86. The lowest BCUT2D eigenvalue weighted by atomic mass is 9.89. The summed E-state index contributed by atoms with van der Waals surface area (Å²) in [6, 6.07) is 16.4. The zero-order chi connectivity index (χ0) is 28.3. The van der Waals surface area contributed by atoms with E-state index < -0.39 is 5.91 Å². The zero-order valence-corrected chi connectivity index (χ0v) is 24.0. The maximum Gasteiger partial charge on any atom is 0.271 e. The fourth-order valence-corrected chi connectivity index (χ4v) is 6.48. The zero-order valence-electron chi connectivity index (χ0n) is 23.3. The maximum atomic E-state index is 12.9. The third-order valence-electron chi connectivity index (χ3n) is 8.69. The Hall–Kier alpha value is -3.49. The topological polar surface area (TPSA) is 104 Å². The molecule has 3 N–H and O–H groups in total. The minimum Gasteiger partial charge on any atom is -0.364 e. The molecule has 2 aliphatic heterocycles. The third-order valence-corrected chi connectivity index (χ3v) is 8.93. The van der Waals surface area contributed by atoms with Crippen LogP contribution in [0.4, 0.5) is 17.3 Å². The van der Waals surface area contributed by atoms with E-state index in [1.165, 1.54) is 44.3 Å². The lowest BCUT2D eigenvalue weighted by molar-refractivity contribution is 0.0954. The van der Waals surface area contributed by atoms with Gasteiger partial charge in [-0.25, -0.2) is 9.97 Å². The average molecular weight is 573 g/mol. The summed E-state index contributed by atoms with van der Waals surface area (Å²) in [5.41, 5.74) is 8.59. The van der Waals surface area contributed by atoms with Crippen molar-refractivity contribution in [1.82, 2.24) is 14.9 Å². The number of nitrogens with two attached hydrogens (primary N) is 1. The quantitative estimate of drug-likeness (QED) is 0.312. The van der Waals surface area contributed by atoms with Gasteiger partial charge in [-0.3, -0.25) is 9.59 Å². The number of hydrogen-bond acceptors (Lipinski definition) is 7. The van der Waals surface area contributed by atoms with E-state index in [9.17, 15) is 9.59 Å². The number of nitrogens with one attached hydrogen (secondary N) is 1. The van der Waals surface area contributed by atoms with Crippen LogP contribution < -0.4 is 16.0 Å². The van der Waals surface area contributed by atoms with Gasteiger partial charge in [0, 0.05) is 41.8 Å². The van der Waals surface area contributed by atoms with Crippen molar-refractivity contribution in [3.63, 3.8) is 0 Å². The van der Waals surface area contributed by atoms with E-state index >= 15 is 0 Å². The van der Waals surface area contributed by atoms with E-state index in [4.69, 9.17) is 22.3 Å². The number of ketones is 1. The Labute approximate surface area is 246 Å². The minimum absolute atomic E-state index is 0.0915. The second kappa shape index (κ2) is 12.2. The van der Waals surface area contributed by atoms with E-state index in [0.29, 0.717) is 41.1 Å². The largest absolute Gasteiger partial charge is 0.364 e. The number of benzene rings is 2. The predicted molar refractivity (Wildman–Crippen MR) is 162 cm³/mol. The number of primary amides is 1. The molecule has 214 valence electrons. The fourth-order valence-electron chi connectivity index (χ4n) is 6.29. The molecule has 3 aliphatic rings. The molecule has 2 saturated heterocycles. The van der Waals surface area contributed by atoms with Crippen molar-refractivity contribution < 1.29 is 9.59 Å². The van der Waals surface area contributed by atoms with Crippen molar-refractivity contribution in [1.29, 1.82) is 0 Å². The molecular formula is C32H37ClN6O2. The number of hydrogen-bond donors (Lipinski definition) is 2. The number of piperidine rings is 2. The summed E-state index contributed by atoms with van der Waals surface area (Å²) >= 11 is 6.09. The van der Waals surface area contributed by atoms with E-state index in [2.05, 4.69) is 32.2 Å². The van der Waals surface area contributed by atoms with Crippen LogP contribution in [0.3, 0.4) is 0 Å². The molecule has 2 aromatic carbocycles. The van der Waals surface area contributed by atoms with Gasteiger partial charge < -0.3 is 20.9 Å². The van der Waals surface area contributed by atoms with Gasteiger partial charge in [0.05, 0.1) is 6.20 Å². The summed E-state index contributed by atoms with van der Waals surface area (Å²) in [5, 5.41) is 3.85. The Morgan fingerprint density at radius 1 is 1.00 bits per heavy atom. The molecule has 3 aromatic rings. The van der Waals surface area contributed by atoms with Gasteiger partial charge in [-0.1, -0.05) is 35.9 Å². The summed E-state index contributed by atoms with van der Waals surface area (Å²) in [4.78, 5) is 39.0. The van der Waals surface area contributed by atoms with E-state index in [0.717, 1.165) is 31.1 Å². The number of aromatic nitrogens is 2. The molecule has 3 fully saturated rings. The minimum atomic E-state index is -0.630. The number of rotatable bonds is 9. The van der Waals surface area contributed by atoms with E-state index in [1.54, 1.807) is 24.4 Å². The highest BCUT2D eigenvalue weighted by molar-refractivity contribution is 6.31. The predicted octanol–water partition coefficient (Wildman–Crippen LogP) is 5.80. The Balaban J connectivity index is 1.12. The van der Waals surface area contributed by atoms with Gasteiger partial charge in [-0.2, -0.15) is 0 Å². The first kappa shape index (κ1) is 27.7. The molecule has 8 nitrogen and oxygen atoms in total. The van der Waals surface area contributed by atoms with Crippen LogP contribution in [0.15, 0.2) is 54.7 Å². The summed E-state index contributed by atoms with van der Waals surface area (Å²) in [6.07, 6.45) is 9.08. The normalized spacial score (nSPS) is 20.1. The van der Waals surface area contributed by atoms with Crippen molar-refractivity contribution in [2.45, 2.75) is 56.9 Å². The molecule has 1 amide bonds. The number of carbonyl (C=O) groups excluding carboxylic acids is 2. The van der Waals surface area contributed by atoms with Crippen molar-refractivity contribution in [2.75, 3.05) is 36.4 Å². The van der Waals surface area contributed by atoms with Gasteiger partial charge in [-0.15, -0.1) is 0 Å². The molecule has 0 unspecified atom stereocenters. The first-order valence-electron chi connectivity index (χ1n) is 14.7. The fraction of sp³-hybridized carbons (Fsp3) is 0.438. The van der Waals surface area contributed by atoms with Gasteiger partial charge in [0.15, 0.2) is 17.3 Å². The standard InChI is InChI=1S/C32H37ClN6O2/c33-25-5-1-4-24(18-25)28(40)17-21-3-2-14-39(20-21)29-19-35-30(31(34)41)32(37-29)36-26-8-6-22(7-9-26)23-12-15-38(16-13-23)27-10-11-27/h1,4-9,18-19,21,23,27H,2-3,10-17,20H2,(H2,34,41)(H,36,37)/t21-/m0/s1. The molecule has 41 heavy (non-hydrogen) atoms. The third kappa shape index (κ3) is 6.71. The lowest BCUT2D eigenvalue weighted by Gasteiger charge is -2.33. The molecule has 1 aromatic heterocycles. The number of anilines is 3. The molecular weight excluding hydrogens is 536 g/mol. The summed E-state index contributed by atoms with van der Waals surface area (Å²) < 4.78 is 0. The number of nitrogens with zero attached hydrogens (tertiary/aromatic N) is 4. The number of Topliss-reactive ketones (excluding diaryl/α,β-unsaturated/α-hetero) is 1. The smallest absolute Gasteiger partial charge is 0.271 e. The molecule has 1 saturated carbocycles. The highest BCUT2D eigenvalue weighted by Crippen LogP contribution is 2.35. The second-order valence-electron chi connectivity index (χ2n) is 11.7. The molecule has 1 atom stereocenters. The Morgan fingerprint density at radius 3 is 2.49 bits per heavy atom. The Kier molecular flexibility index (Phi) is 8.21. The Morgan fingerprint density at radius 2 is 1.78 bits per heavy atom. The van der Waals surface area contributed by atoms with Crippen LogP contribution >= 0.6 is 11.6 Å². The van der Waals surface area contributed by atoms with Crippen LogP contribution in [-0.4, -0.2) is 58.8 Å². The lowest BCUT2D eigenvalue weighted by Crippen LogP contribution is -2.37. The maximum absolute atomic E-state index is 12.9. The summed E-state index contributed by atoms with van der Waals surface area (Å²) in [5.74, 6) is 1.24. The van der Waals surface area contributed by atoms with Crippen LogP contribution in [0.1, 0.15) is 77.3 Å². The molecule has 9 heteroatoms. The van der Waals surface area contributed by atoms with Crippen molar-refractivity contribution in [3.05, 3.63) is 76.6 Å². The molecule has 3 heterocycles. The van der Waals surface area contributed by atoms with Crippen LogP contribution in [0, 0.1) is 5.92 Å². The van der Waals surface area contributed by atoms with Gasteiger partial charge in [0.25, 0.3) is 5.91 Å². The highest BCUT2D eigenvalue weighted by atomic mass is 35.5. The Bertz CT molecular complexity index is 1400. The molecule has 0 spiro atoms. The van der Waals surface area contributed by atoms with Crippen molar-refractivity contribution in [2.24, 2.45) is 11.7 Å². The van der Waals surface area contributed by atoms with Gasteiger partial charge in [0.2, 0.25) is 0 Å². The SMILES string of the molecule is NC(=O)c1ncc(N2CCC[C@@H](CC(=O)c3cccc(Cl)c3)C2)nc1Nc1ccc(C2CCN(C3CC3)CC2)cc1. The number of likely N-dealkylation sites (tertiary alicyclic amines) is 1. The number of amides is 1. The monoisotopic (exact) mass is 572 g/mol. The highest BCUT2D eigenvalue weighted by Gasteiger charge is 2.32. The van der Waals surface area contributed by atoms with Gasteiger partial charge in [0.1, 0.15) is 5.82 Å². The first-order chi connectivity index (χ1) is 19.9. The number of carbonyl (C=O) groups is 2. The molecule has 6 rings (SSSR count). The first-order valence-corrected chi connectivity index (χ1v) is 15.1. The van der Waals surface area contributed by atoms with Crippen LogP contribution in [0.5, 0.6) is 0 Å². The molecule has 1 aliphatic carbocycles. The van der Waals surface area contributed by atoms with E-state index in [1.807, 2.05) is 18.2 Å².